The van der Waals surface area contributed by atoms with Gasteiger partial charge >= 0.3 is 6.03 Å². The second-order valence-corrected chi connectivity index (χ2v) is 4.61. The van der Waals surface area contributed by atoms with Crippen molar-refractivity contribution in [1.29, 1.82) is 0 Å². The quantitative estimate of drug-likeness (QED) is 0.647. The molecular weight excluding hydrogens is 272 g/mol. The number of amides is 3. The highest BCUT2D eigenvalue weighted by Gasteiger charge is 2.33. The number of urea groups is 1. The minimum atomic E-state index is -0.325. The van der Waals surface area contributed by atoms with E-state index in [1.165, 1.54) is 16.9 Å². The summed E-state index contributed by atoms with van der Waals surface area (Å²) in [5.41, 5.74) is 1.38. The molecule has 6 nitrogen and oxygen atoms in total. The van der Waals surface area contributed by atoms with E-state index in [4.69, 9.17) is 9.84 Å². The molecule has 1 aliphatic rings. The monoisotopic (exact) mass is 288 g/mol. The Bertz CT molecular complexity index is 630. The molecule has 0 unspecified atom stereocenters. The van der Waals surface area contributed by atoms with Crippen LogP contribution in [0.25, 0.3) is 0 Å². The second kappa shape index (κ2) is 6.29. The summed E-state index contributed by atoms with van der Waals surface area (Å²) in [6.45, 7) is 0.000235. The van der Waals surface area contributed by atoms with Crippen molar-refractivity contribution < 1.29 is 19.4 Å². The second-order valence-electron chi connectivity index (χ2n) is 4.61. The molecule has 1 aliphatic heterocycles. The number of carbonyl (C=O) groups excluding carboxylic acids is 2. The average Bonchev–Trinajstić information content (AvgIpc) is 2.72. The first-order valence-corrected chi connectivity index (χ1v) is 6.39. The van der Waals surface area contributed by atoms with Crippen molar-refractivity contribution >= 4 is 11.9 Å². The molecule has 0 bridgehead atoms. The molecule has 1 heterocycles. The van der Waals surface area contributed by atoms with Crippen LogP contribution in [0.4, 0.5) is 4.79 Å². The Morgan fingerprint density at radius 1 is 1.38 bits per heavy atom. The van der Waals surface area contributed by atoms with Crippen LogP contribution in [0, 0.1) is 11.8 Å². The SMILES string of the molecule is COc1ccc(C#CCO)cc1CN1C(=O)CN(C)C1=O. The number of hydrogen-bond donors (Lipinski definition) is 1. The Morgan fingerprint density at radius 2 is 2.14 bits per heavy atom. The Labute approximate surface area is 122 Å². The smallest absolute Gasteiger partial charge is 0.327 e. The van der Waals surface area contributed by atoms with Crippen LogP contribution in [0.2, 0.25) is 0 Å². The van der Waals surface area contributed by atoms with Gasteiger partial charge in [0.05, 0.1) is 13.7 Å². The maximum absolute atomic E-state index is 11.9. The molecule has 0 saturated carbocycles. The third-order valence-electron chi connectivity index (χ3n) is 3.15. The van der Waals surface area contributed by atoms with Crippen molar-refractivity contribution in [2.24, 2.45) is 0 Å². The van der Waals surface area contributed by atoms with Crippen molar-refractivity contribution in [3.05, 3.63) is 29.3 Å². The van der Waals surface area contributed by atoms with Crippen LogP contribution in [-0.4, -0.2) is 54.2 Å². The molecule has 0 aliphatic carbocycles. The van der Waals surface area contributed by atoms with Gasteiger partial charge in [-0.1, -0.05) is 11.8 Å². The molecule has 0 atom stereocenters. The van der Waals surface area contributed by atoms with Crippen molar-refractivity contribution in [1.82, 2.24) is 9.80 Å². The number of aliphatic hydroxyl groups excluding tert-OH is 1. The lowest BCUT2D eigenvalue weighted by Gasteiger charge is -2.16. The summed E-state index contributed by atoms with van der Waals surface area (Å²) in [4.78, 5) is 26.3. The van der Waals surface area contributed by atoms with Gasteiger partial charge in [0.1, 0.15) is 18.9 Å². The van der Waals surface area contributed by atoms with E-state index in [1.807, 2.05) is 0 Å². The first kappa shape index (κ1) is 14.9. The lowest BCUT2D eigenvalue weighted by atomic mass is 10.1. The minimum Gasteiger partial charge on any atom is -0.496 e. The largest absolute Gasteiger partial charge is 0.496 e. The van der Waals surface area contributed by atoms with Crippen LogP contribution >= 0.6 is 0 Å². The summed E-state index contributed by atoms with van der Waals surface area (Å²) in [7, 11) is 3.11. The predicted molar refractivity (Wildman–Crippen MR) is 75.5 cm³/mol. The molecule has 1 saturated heterocycles. The highest BCUT2D eigenvalue weighted by atomic mass is 16.5. The number of likely N-dealkylation sites (N-methyl/N-ethyl adjacent to an activating group) is 1. The zero-order chi connectivity index (χ0) is 15.4. The van der Waals surface area contributed by atoms with Crippen LogP contribution < -0.4 is 4.74 Å². The maximum atomic E-state index is 11.9. The zero-order valence-electron chi connectivity index (χ0n) is 11.9. The van der Waals surface area contributed by atoms with Gasteiger partial charge in [-0.3, -0.25) is 9.69 Å². The van der Waals surface area contributed by atoms with Crippen molar-refractivity contribution in [3.8, 4) is 17.6 Å². The number of methoxy groups -OCH3 is 1. The maximum Gasteiger partial charge on any atom is 0.327 e. The van der Waals surface area contributed by atoms with Gasteiger partial charge < -0.3 is 14.7 Å². The fourth-order valence-electron chi connectivity index (χ4n) is 2.12. The third-order valence-corrected chi connectivity index (χ3v) is 3.15. The van der Waals surface area contributed by atoms with E-state index < -0.39 is 0 Å². The van der Waals surface area contributed by atoms with E-state index in [0.29, 0.717) is 16.9 Å². The number of carbonyl (C=O) groups is 2. The molecule has 3 amide bonds. The molecule has 0 spiro atoms. The summed E-state index contributed by atoms with van der Waals surface area (Å²) in [5, 5.41) is 8.72. The van der Waals surface area contributed by atoms with Gasteiger partial charge in [-0.05, 0) is 18.2 Å². The minimum absolute atomic E-state index is 0.0884. The van der Waals surface area contributed by atoms with E-state index in [-0.39, 0.29) is 31.6 Å². The number of nitrogens with zero attached hydrogens (tertiary/aromatic N) is 2. The van der Waals surface area contributed by atoms with Gasteiger partial charge in [-0.15, -0.1) is 0 Å². The molecule has 0 aromatic heterocycles. The number of hydrogen-bond acceptors (Lipinski definition) is 4. The van der Waals surface area contributed by atoms with Gasteiger partial charge in [0, 0.05) is 18.2 Å². The highest BCUT2D eigenvalue weighted by Crippen LogP contribution is 2.23. The Morgan fingerprint density at radius 3 is 2.71 bits per heavy atom. The number of rotatable bonds is 3. The van der Waals surface area contributed by atoms with E-state index in [1.54, 1.807) is 25.2 Å². The van der Waals surface area contributed by atoms with Crippen LogP contribution in [0.3, 0.4) is 0 Å². The van der Waals surface area contributed by atoms with E-state index in [0.717, 1.165) is 0 Å². The summed E-state index contributed by atoms with van der Waals surface area (Å²) in [6.07, 6.45) is 0. The van der Waals surface area contributed by atoms with E-state index in [9.17, 15) is 9.59 Å². The van der Waals surface area contributed by atoms with Crippen molar-refractivity contribution in [3.63, 3.8) is 0 Å². The lowest BCUT2D eigenvalue weighted by Crippen LogP contribution is -2.31. The Kier molecular flexibility index (Phi) is 4.45. The normalized spacial score (nSPS) is 14.2. The lowest BCUT2D eigenvalue weighted by molar-refractivity contribution is -0.125. The molecule has 1 aromatic rings. The van der Waals surface area contributed by atoms with Crippen molar-refractivity contribution in [2.75, 3.05) is 27.3 Å². The standard InChI is InChI=1S/C15H16N2O4/c1-16-10-14(19)17(15(16)20)9-12-8-11(4-3-7-18)5-6-13(12)21-2/h5-6,8,18H,7,9-10H2,1-2H3. The van der Waals surface area contributed by atoms with Crippen LogP contribution in [0.5, 0.6) is 5.75 Å². The number of benzene rings is 1. The highest BCUT2D eigenvalue weighted by molar-refractivity contribution is 6.01. The Hall–Kier alpha value is -2.52. The van der Waals surface area contributed by atoms with Crippen LogP contribution in [0.15, 0.2) is 18.2 Å². The summed E-state index contributed by atoms with van der Waals surface area (Å²) >= 11 is 0. The average molecular weight is 288 g/mol. The fraction of sp³-hybridized carbons (Fsp3) is 0.333. The number of imide groups is 1. The van der Waals surface area contributed by atoms with Crippen LogP contribution in [0.1, 0.15) is 11.1 Å². The van der Waals surface area contributed by atoms with Crippen molar-refractivity contribution in [2.45, 2.75) is 6.54 Å². The molecule has 110 valence electrons. The summed E-state index contributed by atoms with van der Waals surface area (Å²) in [6, 6.07) is 4.91. The Balaban J connectivity index is 2.29. The first-order chi connectivity index (χ1) is 10.1. The van der Waals surface area contributed by atoms with Crippen LogP contribution in [-0.2, 0) is 11.3 Å². The number of aliphatic hydroxyl groups is 1. The van der Waals surface area contributed by atoms with Gasteiger partial charge in [-0.25, -0.2) is 4.79 Å². The van der Waals surface area contributed by atoms with E-state index >= 15 is 0 Å². The molecule has 6 heteroatoms. The topological polar surface area (TPSA) is 70.1 Å². The van der Waals surface area contributed by atoms with Gasteiger partial charge in [0.2, 0.25) is 0 Å². The molecule has 1 N–H and O–H groups in total. The zero-order valence-corrected chi connectivity index (χ0v) is 11.9. The fourth-order valence-corrected chi connectivity index (χ4v) is 2.12. The van der Waals surface area contributed by atoms with Gasteiger partial charge in [0.25, 0.3) is 5.91 Å². The van der Waals surface area contributed by atoms with Gasteiger partial charge in [-0.2, -0.15) is 0 Å². The summed E-state index contributed by atoms with van der Waals surface area (Å²) < 4.78 is 5.25. The summed E-state index contributed by atoms with van der Waals surface area (Å²) in [5.74, 6) is 5.69. The molecule has 0 radical (unpaired) electrons. The molecule has 2 rings (SSSR count). The van der Waals surface area contributed by atoms with Gasteiger partial charge in [0.15, 0.2) is 0 Å². The number of ether oxygens (including phenoxy) is 1. The predicted octanol–water partition coefficient (Wildman–Crippen LogP) is 0.433. The molecule has 1 aromatic carbocycles. The molecular formula is C15H16N2O4. The molecule has 1 fully saturated rings. The molecule has 21 heavy (non-hydrogen) atoms. The third kappa shape index (κ3) is 3.15. The first-order valence-electron chi connectivity index (χ1n) is 6.39. The van der Waals surface area contributed by atoms with E-state index in [2.05, 4.69) is 11.8 Å².